The van der Waals surface area contributed by atoms with Crippen molar-refractivity contribution >= 4 is 45.6 Å². The second-order valence-electron chi connectivity index (χ2n) is 4.70. The van der Waals surface area contributed by atoms with Crippen LogP contribution in [0, 0.1) is 0 Å². The van der Waals surface area contributed by atoms with Crippen LogP contribution in [0.5, 0.6) is 0 Å². The van der Waals surface area contributed by atoms with Gasteiger partial charge >= 0.3 is 0 Å². The van der Waals surface area contributed by atoms with Crippen LogP contribution in [0.15, 0.2) is 35.7 Å². The Balaban J connectivity index is 2.01. The molecule has 3 aromatic rings. The number of aryl methyl sites for hydroxylation is 2. The van der Waals surface area contributed by atoms with E-state index in [-0.39, 0.29) is 5.38 Å². The molecule has 0 fully saturated rings. The molecule has 2 heterocycles. The van der Waals surface area contributed by atoms with E-state index in [1.807, 2.05) is 25.1 Å². The Kier molecular flexibility index (Phi) is 4.01. The minimum absolute atomic E-state index is 0.121. The summed E-state index contributed by atoms with van der Waals surface area (Å²) < 4.78 is 2.18. The Labute approximate surface area is 132 Å². The molecule has 1 aromatic carbocycles. The van der Waals surface area contributed by atoms with Gasteiger partial charge in [-0.05, 0) is 43.0 Å². The molecule has 0 radical (unpaired) electrons. The zero-order chi connectivity index (χ0) is 14.1. The molecule has 0 aliphatic carbocycles. The summed E-state index contributed by atoms with van der Waals surface area (Å²) >= 11 is 14.1. The molecule has 1 unspecified atom stereocenters. The Morgan fingerprint density at radius 1 is 1.35 bits per heavy atom. The number of benzene rings is 1. The molecule has 0 spiro atoms. The molecule has 0 bridgehead atoms. The van der Waals surface area contributed by atoms with Gasteiger partial charge in [0.2, 0.25) is 0 Å². The number of hydrogen-bond acceptors (Lipinski definition) is 2. The van der Waals surface area contributed by atoms with E-state index < -0.39 is 0 Å². The van der Waals surface area contributed by atoms with Gasteiger partial charge in [0.05, 0.1) is 16.4 Å². The molecule has 3 rings (SSSR count). The van der Waals surface area contributed by atoms with Gasteiger partial charge in [-0.2, -0.15) is 0 Å². The first-order valence-electron chi connectivity index (χ1n) is 6.47. The van der Waals surface area contributed by atoms with Gasteiger partial charge in [-0.25, -0.2) is 4.98 Å². The lowest BCUT2D eigenvalue weighted by Crippen LogP contribution is -2.06. The number of aromatic nitrogens is 2. The van der Waals surface area contributed by atoms with Crippen molar-refractivity contribution in [1.29, 1.82) is 0 Å². The van der Waals surface area contributed by atoms with E-state index in [2.05, 4.69) is 27.1 Å². The van der Waals surface area contributed by atoms with Gasteiger partial charge in [0.15, 0.2) is 0 Å². The third kappa shape index (κ3) is 2.71. The van der Waals surface area contributed by atoms with Gasteiger partial charge in [-0.3, -0.25) is 0 Å². The van der Waals surface area contributed by atoms with E-state index in [0.29, 0.717) is 0 Å². The number of rotatable bonds is 4. The number of alkyl halides is 1. The molecule has 0 N–H and O–H groups in total. The lowest BCUT2D eigenvalue weighted by Gasteiger charge is -2.10. The smallest absolute Gasteiger partial charge is 0.127 e. The van der Waals surface area contributed by atoms with Crippen molar-refractivity contribution < 1.29 is 0 Å². The van der Waals surface area contributed by atoms with Crippen molar-refractivity contribution in [2.75, 3.05) is 0 Å². The van der Waals surface area contributed by atoms with E-state index in [1.54, 1.807) is 11.3 Å². The maximum absolute atomic E-state index is 6.27. The summed E-state index contributed by atoms with van der Waals surface area (Å²) in [6.07, 6.45) is 0.978. The highest BCUT2D eigenvalue weighted by molar-refractivity contribution is 7.09. The van der Waals surface area contributed by atoms with Crippen molar-refractivity contribution in [1.82, 2.24) is 9.55 Å². The largest absolute Gasteiger partial charge is 0.326 e. The number of nitrogens with zero attached hydrogens (tertiary/aromatic N) is 2. The Bertz CT molecular complexity index is 717. The molecule has 0 amide bonds. The molecule has 0 aliphatic heterocycles. The third-order valence-electron chi connectivity index (χ3n) is 3.26. The molecule has 0 aliphatic rings. The average molecular weight is 325 g/mol. The highest BCUT2D eigenvalue weighted by atomic mass is 35.5. The standard InChI is InChI=1S/C15H14Cl2N2S/c1-10(16)15-18-13-5-4-11(17)9-14(13)19(15)7-6-12-3-2-8-20-12/h2-5,8-10H,6-7H2,1H3. The van der Waals surface area contributed by atoms with Gasteiger partial charge in [0.1, 0.15) is 5.82 Å². The molecule has 5 heteroatoms. The third-order valence-corrected chi connectivity index (χ3v) is 4.62. The number of hydrogen-bond donors (Lipinski definition) is 0. The zero-order valence-electron chi connectivity index (χ0n) is 11.0. The fourth-order valence-corrected chi connectivity index (χ4v) is 3.36. The minimum Gasteiger partial charge on any atom is -0.326 e. The van der Waals surface area contributed by atoms with Gasteiger partial charge < -0.3 is 4.57 Å². The van der Waals surface area contributed by atoms with Crippen molar-refractivity contribution in [3.05, 3.63) is 51.4 Å². The van der Waals surface area contributed by atoms with Crippen molar-refractivity contribution in [2.45, 2.75) is 25.3 Å². The fraction of sp³-hybridized carbons (Fsp3) is 0.267. The summed E-state index contributed by atoms with van der Waals surface area (Å²) in [6.45, 7) is 2.82. The van der Waals surface area contributed by atoms with E-state index in [9.17, 15) is 0 Å². The van der Waals surface area contributed by atoms with E-state index in [4.69, 9.17) is 23.2 Å². The number of fused-ring (bicyclic) bond motifs is 1. The molecule has 0 saturated heterocycles. The number of thiophene rings is 1. The highest BCUT2D eigenvalue weighted by Gasteiger charge is 2.15. The number of halogens is 2. The van der Waals surface area contributed by atoms with Crippen LogP contribution in [-0.4, -0.2) is 9.55 Å². The molecule has 104 valence electrons. The van der Waals surface area contributed by atoms with Gasteiger partial charge in [-0.15, -0.1) is 22.9 Å². The Hall–Kier alpha value is -1.03. The van der Waals surface area contributed by atoms with Crippen LogP contribution >= 0.6 is 34.5 Å². The predicted octanol–water partition coefficient (Wildman–Crippen LogP) is 5.29. The summed E-state index contributed by atoms with van der Waals surface area (Å²) in [6, 6.07) is 10.0. The summed E-state index contributed by atoms with van der Waals surface area (Å²) in [5, 5.41) is 2.71. The first-order valence-corrected chi connectivity index (χ1v) is 8.16. The van der Waals surface area contributed by atoms with Crippen LogP contribution in [0.2, 0.25) is 5.02 Å². The SMILES string of the molecule is CC(Cl)c1nc2ccc(Cl)cc2n1CCc1cccs1. The maximum atomic E-state index is 6.27. The summed E-state index contributed by atoms with van der Waals surface area (Å²) in [5.74, 6) is 0.903. The van der Waals surface area contributed by atoms with Crippen molar-refractivity contribution in [2.24, 2.45) is 0 Å². The molecular weight excluding hydrogens is 311 g/mol. The van der Waals surface area contributed by atoms with Crippen LogP contribution in [0.25, 0.3) is 11.0 Å². The molecule has 20 heavy (non-hydrogen) atoms. The molecule has 1 atom stereocenters. The Morgan fingerprint density at radius 2 is 2.20 bits per heavy atom. The lowest BCUT2D eigenvalue weighted by atomic mass is 10.3. The van der Waals surface area contributed by atoms with Crippen molar-refractivity contribution in [3.63, 3.8) is 0 Å². The Morgan fingerprint density at radius 3 is 2.90 bits per heavy atom. The summed E-state index contributed by atoms with van der Waals surface area (Å²) in [7, 11) is 0. The second-order valence-corrected chi connectivity index (χ2v) is 6.82. The summed E-state index contributed by atoms with van der Waals surface area (Å²) in [4.78, 5) is 5.99. The second kappa shape index (κ2) is 5.76. The first-order chi connectivity index (χ1) is 9.65. The minimum atomic E-state index is -0.121. The molecule has 0 saturated carbocycles. The van der Waals surface area contributed by atoms with Crippen LogP contribution < -0.4 is 0 Å². The van der Waals surface area contributed by atoms with E-state index in [1.165, 1.54) is 4.88 Å². The van der Waals surface area contributed by atoms with Crippen LogP contribution in [-0.2, 0) is 13.0 Å². The topological polar surface area (TPSA) is 17.8 Å². The van der Waals surface area contributed by atoms with Gasteiger partial charge in [0, 0.05) is 16.4 Å². The van der Waals surface area contributed by atoms with Crippen molar-refractivity contribution in [3.8, 4) is 0 Å². The quantitative estimate of drug-likeness (QED) is 0.596. The highest BCUT2D eigenvalue weighted by Crippen LogP contribution is 2.27. The molecule has 2 nitrogen and oxygen atoms in total. The van der Waals surface area contributed by atoms with Gasteiger partial charge in [0.25, 0.3) is 0 Å². The van der Waals surface area contributed by atoms with E-state index in [0.717, 1.165) is 34.8 Å². The lowest BCUT2D eigenvalue weighted by molar-refractivity contribution is 0.672. The van der Waals surface area contributed by atoms with Gasteiger partial charge in [-0.1, -0.05) is 17.7 Å². The monoisotopic (exact) mass is 324 g/mol. The number of imidazole rings is 1. The molecule has 2 aromatic heterocycles. The fourth-order valence-electron chi connectivity index (χ4n) is 2.33. The van der Waals surface area contributed by atoms with Crippen LogP contribution in [0.3, 0.4) is 0 Å². The van der Waals surface area contributed by atoms with E-state index >= 15 is 0 Å². The zero-order valence-corrected chi connectivity index (χ0v) is 13.3. The predicted molar refractivity (Wildman–Crippen MR) is 87.0 cm³/mol. The molecular formula is C15H14Cl2N2S. The normalized spacial score (nSPS) is 12.9. The van der Waals surface area contributed by atoms with Crippen LogP contribution in [0.4, 0.5) is 0 Å². The average Bonchev–Trinajstić information content (AvgIpc) is 3.03. The first kappa shape index (κ1) is 13.9. The summed E-state index contributed by atoms with van der Waals surface area (Å²) in [5.41, 5.74) is 2.00. The van der Waals surface area contributed by atoms with Crippen LogP contribution in [0.1, 0.15) is 23.0 Å². The maximum Gasteiger partial charge on any atom is 0.127 e.